The summed E-state index contributed by atoms with van der Waals surface area (Å²) in [6.45, 7) is 0.759. The van der Waals surface area contributed by atoms with Crippen LogP contribution in [0.3, 0.4) is 0 Å². The molecule has 4 nitrogen and oxygen atoms in total. The highest BCUT2D eigenvalue weighted by molar-refractivity contribution is 9.10. The third-order valence-electron chi connectivity index (χ3n) is 4.23. The number of carbonyl (C=O) groups excluding carboxylic acids is 1. The lowest BCUT2D eigenvalue weighted by Crippen LogP contribution is -2.34. The zero-order chi connectivity index (χ0) is 18.7. The van der Waals surface area contributed by atoms with E-state index >= 15 is 0 Å². The van der Waals surface area contributed by atoms with E-state index in [4.69, 9.17) is 4.74 Å². The van der Waals surface area contributed by atoms with Crippen molar-refractivity contribution in [3.05, 3.63) is 58.1 Å². The van der Waals surface area contributed by atoms with Crippen LogP contribution in [0, 0.1) is 11.6 Å². The molecule has 1 N–H and O–H groups in total. The van der Waals surface area contributed by atoms with Crippen molar-refractivity contribution in [3.63, 3.8) is 0 Å². The Balaban J connectivity index is 1.65. The van der Waals surface area contributed by atoms with Crippen LogP contribution in [0.25, 0.3) is 0 Å². The number of ether oxygens (including phenoxy) is 1. The van der Waals surface area contributed by atoms with Crippen molar-refractivity contribution < 1.29 is 18.3 Å². The van der Waals surface area contributed by atoms with Crippen molar-refractivity contribution in [1.29, 1.82) is 0 Å². The third kappa shape index (κ3) is 4.80. The van der Waals surface area contributed by atoms with Crippen LogP contribution in [0.15, 0.2) is 40.9 Å². The molecule has 0 saturated heterocycles. The SMILES string of the molecule is COc1ccc(CN(CC(=O)Nc2c(F)cc(F)cc2Br)C2CC2)cc1. The summed E-state index contributed by atoms with van der Waals surface area (Å²) in [5, 5.41) is 2.53. The highest BCUT2D eigenvalue weighted by atomic mass is 79.9. The number of methoxy groups -OCH3 is 1. The van der Waals surface area contributed by atoms with E-state index in [9.17, 15) is 13.6 Å². The van der Waals surface area contributed by atoms with Gasteiger partial charge in [-0.1, -0.05) is 12.1 Å². The molecule has 7 heteroatoms. The average Bonchev–Trinajstić information content (AvgIpc) is 3.43. The molecule has 1 fully saturated rings. The van der Waals surface area contributed by atoms with E-state index in [0.29, 0.717) is 12.6 Å². The molecule has 0 aliphatic heterocycles. The highest BCUT2D eigenvalue weighted by Crippen LogP contribution is 2.30. The summed E-state index contributed by atoms with van der Waals surface area (Å²) in [6.07, 6.45) is 2.08. The van der Waals surface area contributed by atoms with Gasteiger partial charge in [-0.05, 0) is 52.5 Å². The van der Waals surface area contributed by atoms with Crippen LogP contribution in [0.1, 0.15) is 18.4 Å². The smallest absolute Gasteiger partial charge is 0.238 e. The minimum atomic E-state index is -0.807. The average molecular weight is 425 g/mol. The Hall–Kier alpha value is -1.99. The Morgan fingerprint density at radius 3 is 2.54 bits per heavy atom. The van der Waals surface area contributed by atoms with E-state index in [0.717, 1.165) is 36.3 Å². The molecule has 0 radical (unpaired) electrons. The Bertz CT molecular complexity index is 772. The zero-order valence-electron chi connectivity index (χ0n) is 14.3. The number of benzene rings is 2. The number of halogens is 3. The van der Waals surface area contributed by atoms with Crippen molar-refractivity contribution in [2.45, 2.75) is 25.4 Å². The molecule has 0 spiro atoms. The lowest BCUT2D eigenvalue weighted by atomic mass is 10.2. The van der Waals surface area contributed by atoms with E-state index in [1.54, 1.807) is 7.11 Å². The standard InChI is InChI=1S/C19H19BrF2N2O2/c1-26-15-6-2-12(3-7-15)10-24(14-4-5-14)11-18(25)23-19-16(20)8-13(21)9-17(19)22/h2-3,6-9,14H,4-5,10-11H2,1H3,(H,23,25). The van der Waals surface area contributed by atoms with Gasteiger partial charge in [0.25, 0.3) is 0 Å². The van der Waals surface area contributed by atoms with Gasteiger partial charge in [-0.25, -0.2) is 8.78 Å². The lowest BCUT2D eigenvalue weighted by Gasteiger charge is -2.22. The normalized spacial score (nSPS) is 13.7. The van der Waals surface area contributed by atoms with Gasteiger partial charge in [0.15, 0.2) is 5.82 Å². The quantitative estimate of drug-likeness (QED) is 0.718. The second kappa shape index (κ2) is 8.14. The molecule has 2 aromatic rings. The fourth-order valence-corrected chi connectivity index (χ4v) is 3.25. The number of carbonyl (C=O) groups is 1. The number of amides is 1. The molecule has 138 valence electrons. The Morgan fingerprint density at radius 2 is 1.96 bits per heavy atom. The summed E-state index contributed by atoms with van der Waals surface area (Å²) in [5.74, 6) is -1.07. The van der Waals surface area contributed by atoms with Crippen molar-refractivity contribution >= 4 is 27.5 Å². The van der Waals surface area contributed by atoms with Crippen molar-refractivity contribution in [1.82, 2.24) is 4.90 Å². The summed E-state index contributed by atoms with van der Waals surface area (Å²) in [7, 11) is 1.61. The second-order valence-corrected chi connectivity index (χ2v) is 7.13. The van der Waals surface area contributed by atoms with Gasteiger partial charge >= 0.3 is 0 Å². The van der Waals surface area contributed by atoms with Crippen LogP contribution in [-0.4, -0.2) is 30.5 Å². The van der Waals surface area contributed by atoms with Gasteiger partial charge in [0.05, 0.1) is 19.3 Å². The van der Waals surface area contributed by atoms with Crippen LogP contribution in [0.5, 0.6) is 5.75 Å². The first-order valence-electron chi connectivity index (χ1n) is 8.27. The highest BCUT2D eigenvalue weighted by Gasteiger charge is 2.30. The maximum Gasteiger partial charge on any atom is 0.238 e. The predicted octanol–water partition coefficient (Wildman–Crippen LogP) is 4.34. The summed E-state index contributed by atoms with van der Waals surface area (Å²) in [6, 6.07) is 9.90. The van der Waals surface area contributed by atoms with Gasteiger partial charge in [0.1, 0.15) is 11.6 Å². The third-order valence-corrected chi connectivity index (χ3v) is 4.85. The van der Waals surface area contributed by atoms with Crippen LogP contribution < -0.4 is 10.1 Å². The Morgan fingerprint density at radius 1 is 1.27 bits per heavy atom. The van der Waals surface area contributed by atoms with E-state index in [-0.39, 0.29) is 22.6 Å². The molecule has 1 aliphatic rings. The maximum atomic E-state index is 13.9. The van der Waals surface area contributed by atoms with Crippen LogP contribution in [0.2, 0.25) is 0 Å². The predicted molar refractivity (Wildman–Crippen MR) is 99.1 cm³/mol. The fourth-order valence-electron chi connectivity index (χ4n) is 2.74. The van der Waals surface area contributed by atoms with E-state index in [1.165, 1.54) is 0 Å². The van der Waals surface area contributed by atoms with Gasteiger partial charge in [-0.15, -0.1) is 0 Å². The lowest BCUT2D eigenvalue weighted by molar-refractivity contribution is -0.117. The Labute approximate surface area is 159 Å². The molecule has 0 bridgehead atoms. The molecule has 26 heavy (non-hydrogen) atoms. The Kier molecular flexibility index (Phi) is 5.88. The molecule has 1 saturated carbocycles. The fraction of sp³-hybridized carbons (Fsp3) is 0.316. The first-order chi connectivity index (χ1) is 12.5. The second-order valence-electron chi connectivity index (χ2n) is 6.28. The summed E-state index contributed by atoms with van der Waals surface area (Å²) >= 11 is 3.08. The number of hydrogen-bond donors (Lipinski definition) is 1. The molecule has 0 atom stereocenters. The molecule has 0 aromatic heterocycles. The maximum absolute atomic E-state index is 13.9. The van der Waals surface area contributed by atoms with Crippen molar-refractivity contribution in [2.75, 3.05) is 19.0 Å². The molecule has 2 aromatic carbocycles. The van der Waals surface area contributed by atoms with E-state index in [1.807, 2.05) is 24.3 Å². The van der Waals surface area contributed by atoms with Gasteiger partial charge in [0.2, 0.25) is 5.91 Å². The number of nitrogens with one attached hydrogen (secondary N) is 1. The number of rotatable bonds is 7. The molecular formula is C19H19BrF2N2O2. The summed E-state index contributed by atoms with van der Waals surface area (Å²) in [4.78, 5) is 14.4. The minimum Gasteiger partial charge on any atom is -0.497 e. The molecular weight excluding hydrogens is 406 g/mol. The first kappa shape index (κ1) is 18.8. The van der Waals surface area contributed by atoms with Crippen LogP contribution in [0.4, 0.5) is 14.5 Å². The van der Waals surface area contributed by atoms with Gasteiger partial charge in [0, 0.05) is 23.1 Å². The van der Waals surface area contributed by atoms with Gasteiger partial charge in [-0.2, -0.15) is 0 Å². The van der Waals surface area contributed by atoms with Crippen molar-refractivity contribution in [2.24, 2.45) is 0 Å². The van der Waals surface area contributed by atoms with Crippen molar-refractivity contribution in [3.8, 4) is 5.75 Å². The van der Waals surface area contributed by atoms with Gasteiger partial charge in [-0.3, -0.25) is 9.69 Å². The van der Waals surface area contributed by atoms with E-state index in [2.05, 4.69) is 26.1 Å². The molecule has 3 rings (SSSR count). The number of nitrogens with zero attached hydrogens (tertiary/aromatic N) is 1. The van der Waals surface area contributed by atoms with Crippen LogP contribution in [-0.2, 0) is 11.3 Å². The molecule has 0 unspecified atom stereocenters. The number of hydrogen-bond acceptors (Lipinski definition) is 3. The molecule has 1 amide bonds. The van der Waals surface area contributed by atoms with E-state index < -0.39 is 11.6 Å². The van der Waals surface area contributed by atoms with Gasteiger partial charge < -0.3 is 10.1 Å². The molecule has 1 aliphatic carbocycles. The summed E-state index contributed by atoms with van der Waals surface area (Å²) < 4.78 is 32.4. The summed E-state index contributed by atoms with van der Waals surface area (Å²) in [5.41, 5.74) is 1.02. The minimum absolute atomic E-state index is 0.0448. The first-order valence-corrected chi connectivity index (χ1v) is 9.07. The largest absolute Gasteiger partial charge is 0.497 e. The zero-order valence-corrected chi connectivity index (χ0v) is 15.9. The topological polar surface area (TPSA) is 41.6 Å². The van der Waals surface area contributed by atoms with Crippen LogP contribution >= 0.6 is 15.9 Å². The monoisotopic (exact) mass is 424 g/mol. The number of anilines is 1. The molecule has 0 heterocycles.